The van der Waals surface area contributed by atoms with Crippen molar-refractivity contribution >= 4 is 0 Å². The molecule has 66 valence electrons. The van der Waals surface area contributed by atoms with Gasteiger partial charge < -0.3 is 6.42 Å². The molecule has 4 unspecified atom stereocenters. The van der Waals surface area contributed by atoms with E-state index >= 15 is 0 Å². The van der Waals surface area contributed by atoms with Crippen LogP contribution in [0.4, 0.5) is 0 Å². The van der Waals surface area contributed by atoms with Gasteiger partial charge in [0.25, 0.3) is 0 Å². The molecular formula is C11H17U-. The Bertz CT molecular complexity index is 160. The molecule has 0 heterocycles. The van der Waals surface area contributed by atoms with Gasteiger partial charge in [0, 0.05) is 31.1 Å². The quantitative estimate of drug-likeness (QED) is 0.561. The van der Waals surface area contributed by atoms with Gasteiger partial charge in [0.2, 0.25) is 0 Å². The van der Waals surface area contributed by atoms with Crippen molar-refractivity contribution in [3.8, 4) is 0 Å². The van der Waals surface area contributed by atoms with Gasteiger partial charge in [-0.25, -0.2) is 0 Å². The van der Waals surface area contributed by atoms with Crippen LogP contribution in [0.5, 0.6) is 0 Å². The number of hydrogen-bond acceptors (Lipinski definition) is 0. The van der Waals surface area contributed by atoms with Gasteiger partial charge in [0.15, 0.2) is 0 Å². The van der Waals surface area contributed by atoms with E-state index < -0.39 is 0 Å². The minimum absolute atomic E-state index is 0. The molecule has 2 bridgehead atoms. The minimum Gasteiger partial charge on any atom is -0.322 e. The molecule has 0 amide bonds. The molecule has 3 saturated carbocycles. The van der Waals surface area contributed by atoms with Crippen LogP contribution in [0.2, 0.25) is 0 Å². The zero-order chi connectivity index (χ0) is 7.42. The fourth-order valence-electron chi connectivity index (χ4n) is 3.99. The van der Waals surface area contributed by atoms with Gasteiger partial charge in [0.05, 0.1) is 0 Å². The van der Waals surface area contributed by atoms with Crippen molar-refractivity contribution < 1.29 is 31.1 Å². The molecule has 5 atom stereocenters. The van der Waals surface area contributed by atoms with Gasteiger partial charge in [-0.15, -0.1) is 0 Å². The maximum atomic E-state index is 2.66. The van der Waals surface area contributed by atoms with Crippen molar-refractivity contribution in [1.29, 1.82) is 0 Å². The van der Waals surface area contributed by atoms with Gasteiger partial charge in [-0.1, -0.05) is 38.0 Å². The van der Waals surface area contributed by atoms with Crippen LogP contribution in [0.15, 0.2) is 0 Å². The summed E-state index contributed by atoms with van der Waals surface area (Å²) in [6.07, 6.45) is 8.88. The Balaban J connectivity index is 0.000000563. The molecule has 0 aromatic heterocycles. The molecule has 3 fully saturated rings. The van der Waals surface area contributed by atoms with Gasteiger partial charge in [0.1, 0.15) is 0 Å². The topological polar surface area (TPSA) is 0 Å². The third kappa shape index (κ3) is 1.24. The average Bonchev–Trinajstić information content (AvgIpc) is 2.53. The molecular weight excluding hydrogens is 370 g/mol. The molecule has 3 rings (SSSR count). The predicted octanol–water partition coefficient (Wildman–Crippen LogP) is 2.89. The first-order chi connectivity index (χ1) is 5.34. The molecule has 0 N–H and O–H groups in total. The fourth-order valence-corrected chi connectivity index (χ4v) is 3.99. The normalized spacial score (nSPS) is 55.2. The second kappa shape index (κ2) is 3.32. The maximum absolute atomic E-state index is 2.66. The number of hydrogen-bond donors (Lipinski definition) is 0. The Morgan fingerprint density at radius 2 is 1.83 bits per heavy atom. The van der Waals surface area contributed by atoms with Gasteiger partial charge in [-0.3, -0.25) is 0 Å². The summed E-state index contributed by atoms with van der Waals surface area (Å²) >= 11 is 0. The first kappa shape index (κ1) is 9.60. The molecule has 0 aliphatic heterocycles. The van der Waals surface area contributed by atoms with E-state index in [4.69, 9.17) is 0 Å². The molecule has 3 aliphatic rings. The first-order valence-electron chi connectivity index (χ1n) is 5.19. The van der Waals surface area contributed by atoms with Crippen molar-refractivity contribution in [3.05, 3.63) is 6.42 Å². The SMILES string of the molecule is CC1[CH-]C2C(C1)C1CC[C@H]2C1.[U]. The molecule has 1 heteroatoms. The minimum atomic E-state index is 0. The molecule has 3 aliphatic carbocycles. The van der Waals surface area contributed by atoms with Crippen LogP contribution in [-0.2, 0) is 0 Å². The van der Waals surface area contributed by atoms with Crippen molar-refractivity contribution in [1.82, 2.24) is 0 Å². The van der Waals surface area contributed by atoms with Crippen LogP contribution >= 0.6 is 0 Å². The predicted molar refractivity (Wildman–Crippen MR) is 45.9 cm³/mol. The zero-order valence-corrected chi connectivity index (χ0v) is 12.0. The standard InChI is InChI=1S/C11H17.U/c1-7-4-10-8-2-3-9(6-8)11(10)5-7;/h4,7-11H,2-3,5-6H2,1H3;/q-1;/t7?,8-,9?,10?,11?;/m0./s1. The number of rotatable bonds is 0. The van der Waals surface area contributed by atoms with Crippen molar-refractivity contribution in [2.75, 3.05) is 0 Å². The summed E-state index contributed by atoms with van der Waals surface area (Å²) in [7, 11) is 0. The summed E-state index contributed by atoms with van der Waals surface area (Å²) in [6, 6.07) is 0. The molecule has 0 aromatic rings. The summed E-state index contributed by atoms with van der Waals surface area (Å²) < 4.78 is 0. The van der Waals surface area contributed by atoms with E-state index in [0.29, 0.717) is 0 Å². The molecule has 0 nitrogen and oxygen atoms in total. The third-order valence-electron chi connectivity index (χ3n) is 4.35. The smallest absolute Gasteiger partial charge is 0 e. The van der Waals surface area contributed by atoms with Crippen molar-refractivity contribution in [2.45, 2.75) is 32.6 Å². The molecule has 0 radical (unpaired) electrons. The van der Waals surface area contributed by atoms with Crippen molar-refractivity contribution in [2.24, 2.45) is 29.6 Å². The summed E-state index contributed by atoms with van der Waals surface area (Å²) in [4.78, 5) is 0. The van der Waals surface area contributed by atoms with E-state index in [1.54, 1.807) is 19.3 Å². The van der Waals surface area contributed by atoms with Crippen LogP contribution in [0.1, 0.15) is 32.6 Å². The summed E-state index contributed by atoms with van der Waals surface area (Å²) in [5, 5.41) is 0. The van der Waals surface area contributed by atoms with E-state index in [1.807, 2.05) is 0 Å². The average molecular weight is 387 g/mol. The first-order valence-corrected chi connectivity index (χ1v) is 5.19. The Kier molecular flexibility index (Phi) is 2.66. The van der Waals surface area contributed by atoms with E-state index in [2.05, 4.69) is 13.3 Å². The van der Waals surface area contributed by atoms with Crippen LogP contribution in [0.25, 0.3) is 0 Å². The Hall–Kier alpha value is 1.05. The summed E-state index contributed by atoms with van der Waals surface area (Å²) in [6.45, 7) is 2.40. The van der Waals surface area contributed by atoms with Crippen LogP contribution in [-0.4, -0.2) is 0 Å². The Morgan fingerprint density at radius 3 is 2.58 bits per heavy atom. The van der Waals surface area contributed by atoms with Gasteiger partial charge in [-0.05, 0) is 12.3 Å². The van der Waals surface area contributed by atoms with Gasteiger partial charge in [-0.2, -0.15) is 11.8 Å². The van der Waals surface area contributed by atoms with Crippen LogP contribution in [0, 0.1) is 67.1 Å². The van der Waals surface area contributed by atoms with E-state index in [-0.39, 0.29) is 31.1 Å². The van der Waals surface area contributed by atoms with E-state index in [9.17, 15) is 0 Å². The van der Waals surface area contributed by atoms with Crippen molar-refractivity contribution in [3.63, 3.8) is 0 Å². The van der Waals surface area contributed by atoms with Gasteiger partial charge >= 0.3 is 0 Å². The van der Waals surface area contributed by atoms with E-state index in [0.717, 1.165) is 29.6 Å². The molecule has 12 heavy (non-hydrogen) atoms. The van der Waals surface area contributed by atoms with Crippen LogP contribution < -0.4 is 0 Å². The summed E-state index contributed by atoms with van der Waals surface area (Å²) in [5.74, 6) is 5.39. The fraction of sp³-hybridized carbons (Fsp3) is 0.909. The van der Waals surface area contributed by atoms with E-state index in [1.165, 1.54) is 6.42 Å². The monoisotopic (exact) mass is 387 g/mol. The second-order valence-corrected chi connectivity index (χ2v) is 4.98. The number of fused-ring (bicyclic) bond motifs is 5. The summed E-state index contributed by atoms with van der Waals surface area (Å²) in [5.41, 5.74) is 0. The Morgan fingerprint density at radius 1 is 1.08 bits per heavy atom. The molecule has 0 spiro atoms. The zero-order valence-electron chi connectivity index (χ0n) is 7.79. The molecule has 0 saturated heterocycles. The largest absolute Gasteiger partial charge is 0.322 e. The maximum Gasteiger partial charge on any atom is 0 e. The van der Waals surface area contributed by atoms with Crippen LogP contribution in [0.3, 0.4) is 0 Å². The second-order valence-electron chi connectivity index (χ2n) is 4.98. The third-order valence-corrected chi connectivity index (χ3v) is 4.35. The molecule has 0 aromatic carbocycles. The Labute approximate surface area is 99.3 Å².